The van der Waals surface area contributed by atoms with Gasteiger partial charge < -0.3 is 10.2 Å². The van der Waals surface area contributed by atoms with Crippen molar-refractivity contribution in [2.75, 3.05) is 0 Å². The second-order valence-corrected chi connectivity index (χ2v) is 14.2. The molecule has 0 unspecified atom stereocenters. The molecule has 2 aromatic carbocycles. The molecule has 2 aromatic rings. The predicted molar refractivity (Wildman–Crippen MR) is 115 cm³/mol. The van der Waals surface area contributed by atoms with Crippen molar-refractivity contribution < 1.29 is 19.8 Å². The number of carboxylic acid groups (broad SMARTS) is 2. The Morgan fingerprint density at radius 3 is 1.21 bits per heavy atom. The summed E-state index contributed by atoms with van der Waals surface area (Å²) >= 11 is 0. The molecule has 0 saturated carbocycles. The largest absolute Gasteiger partial charge is 0.481 e. The van der Waals surface area contributed by atoms with Crippen LogP contribution in [-0.4, -0.2) is 30.2 Å². The monoisotopic (exact) mass is 398 g/mol. The highest BCUT2D eigenvalue weighted by Crippen LogP contribution is 2.60. The van der Waals surface area contributed by atoms with E-state index in [1.165, 1.54) is 0 Å². The number of aliphatic carboxylic acids is 2. The van der Waals surface area contributed by atoms with Gasteiger partial charge >= 0.3 is 11.9 Å². The second-order valence-electron chi connectivity index (χ2n) is 9.34. The fourth-order valence-corrected chi connectivity index (χ4v) is 12.2. The summed E-state index contributed by atoms with van der Waals surface area (Å²) in [6, 6.07) is 18.8. The fourth-order valence-electron chi connectivity index (χ4n) is 5.02. The highest BCUT2D eigenvalue weighted by molar-refractivity contribution is 7.10. The van der Waals surface area contributed by atoms with E-state index in [1.807, 2.05) is 81.4 Å². The van der Waals surface area contributed by atoms with Crippen molar-refractivity contribution in [1.82, 2.24) is 0 Å². The first-order valence-corrected chi connectivity index (χ1v) is 11.4. The Morgan fingerprint density at radius 1 is 0.679 bits per heavy atom. The van der Waals surface area contributed by atoms with Crippen LogP contribution in [0.2, 0.25) is 10.1 Å². The quantitative estimate of drug-likeness (QED) is 0.590. The minimum atomic E-state index is -3.49. The van der Waals surface area contributed by atoms with Crippen molar-refractivity contribution >= 4 is 30.4 Å². The van der Waals surface area contributed by atoms with Crippen LogP contribution in [0.1, 0.15) is 41.5 Å². The van der Waals surface area contributed by atoms with E-state index < -0.39 is 35.5 Å². The Bertz CT molecular complexity index is 792. The first-order chi connectivity index (χ1) is 12.8. The molecule has 0 aliphatic carbocycles. The van der Waals surface area contributed by atoms with E-state index in [2.05, 4.69) is 0 Å². The smallest absolute Gasteiger partial charge is 0.319 e. The number of rotatable bonds is 5. The number of carboxylic acids is 2. The topological polar surface area (TPSA) is 74.6 Å². The molecule has 2 rings (SSSR count). The van der Waals surface area contributed by atoms with Gasteiger partial charge in [-0.1, -0.05) is 113 Å². The molecule has 0 amide bonds. The molecule has 0 fully saturated rings. The van der Waals surface area contributed by atoms with Gasteiger partial charge in [-0.2, -0.15) is 0 Å². The molecule has 0 radical (unpaired) electrons. The minimum Gasteiger partial charge on any atom is -0.481 e. The van der Waals surface area contributed by atoms with Crippen LogP contribution in [0.3, 0.4) is 0 Å². The molecule has 0 aromatic heterocycles. The third-order valence-electron chi connectivity index (χ3n) is 5.87. The van der Waals surface area contributed by atoms with Gasteiger partial charge in [-0.25, -0.2) is 0 Å². The van der Waals surface area contributed by atoms with Gasteiger partial charge in [-0.05, 0) is 10.5 Å². The molecule has 150 valence electrons. The Hall–Kier alpha value is -2.40. The van der Waals surface area contributed by atoms with Crippen molar-refractivity contribution in [1.29, 1.82) is 0 Å². The van der Waals surface area contributed by atoms with Gasteiger partial charge in [0.25, 0.3) is 0 Å². The van der Waals surface area contributed by atoms with Gasteiger partial charge in [0.2, 0.25) is 0 Å². The molecule has 0 spiro atoms. The van der Waals surface area contributed by atoms with E-state index in [0.717, 1.165) is 10.4 Å². The Labute approximate surface area is 168 Å². The van der Waals surface area contributed by atoms with Crippen molar-refractivity contribution in [3.63, 3.8) is 0 Å². The van der Waals surface area contributed by atoms with Crippen LogP contribution in [0.5, 0.6) is 0 Å². The van der Waals surface area contributed by atoms with E-state index >= 15 is 0 Å². The highest BCUT2D eigenvalue weighted by atomic mass is 28.3. The van der Waals surface area contributed by atoms with Crippen molar-refractivity contribution in [2.45, 2.75) is 51.6 Å². The minimum absolute atomic E-state index is 0.597. The van der Waals surface area contributed by atoms with Crippen LogP contribution < -0.4 is 10.4 Å². The summed E-state index contributed by atoms with van der Waals surface area (Å²) in [7, 11) is -3.49. The van der Waals surface area contributed by atoms with Crippen LogP contribution in [-0.2, 0) is 9.59 Å². The lowest BCUT2D eigenvalue weighted by Gasteiger charge is -2.57. The summed E-state index contributed by atoms with van der Waals surface area (Å²) in [5.41, 5.74) is -1.03. The molecule has 5 heteroatoms. The molecule has 0 saturated heterocycles. The van der Waals surface area contributed by atoms with Gasteiger partial charge in [0, 0.05) is 0 Å². The van der Waals surface area contributed by atoms with Crippen LogP contribution in [0.4, 0.5) is 0 Å². The zero-order valence-corrected chi connectivity index (χ0v) is 18.5. The number of hydrogen-bond acceptors (Lipinski definition) is 2. The summed E-state index contributed by atoms with van der Waals surface area (Å²) in [6.45, 7) is 11.1. The third kappa shape index (κ3) is 2.89. The Kier molecular flexibility index (Phi) is 5.63. The van der Waals surface area contributed by atoms with E-state index in [-0.39, 0.29) is 0 Å². The van der Waals surface area contributed by atoms with E-state index in [1.54, 1.807) is 20.8 Å². The fraction of sp³-hybridized carbons (Fsp3) is 0.391. The van der Waals surface area contributed by atoms with Gasteiger partial charge in [-0.15, -0.1) is 0 Å². The zero-order chi connectivity index (χ0) is 21.4. The molecule has 0 heterocycles. The number of carbonyl (C=O) groups is 2. The molecular formula is C23H30O4Si. The summed E-state index contributed by atoms with van der Waals surface area (Å²) in [4.78, 5) is 26.0. The van der Waals surface area contributed by atoms with Gasteiger partial charge in [0.05, 0.1) is 0 Å². The van der Waals surface area contributed by atoms with Gasteiger partial charge in [-0.3, -0.25) is 9.59 Å². The lowest BCUT2D eigenvalue weighted by Crippen LogP contribution is -2.77. The van der Waals surface area contributed by atoms with Crippen molar-refractivity contribution in [3.05, 3.63) is 60.7 Å². The molecule has 0 aliphatic rings. The number of hydrogen-bond donors (Lipinski definition) is 2. The normalized spacial score (nSPS) is 13.2. The van der Waals surface area contributed by atoms with Gasteiger partial charge in [0.1, 0.15) is 0 Å². The highest BCUT2D eigenvalue weighted by Gasteiger charge is 2.74. The molecule has 0 aliphatic heterocycles. The Balaban J connectivity index is 3.25. The summed E-state index contributed by atoms with van der Waals surface area (Å²) in [6.07, 6.45) is 0. The van der Waals surface area contributed by atoms with Crippen molar-refractivity contribution in [2.24, 2.45) is 5.41 Å². The maximum atomic E-state index is 13.0. The van der Waals surface area contributed by atoms with E-state index in [0.29, 0.717) is 0 Å². The van der Waals surface area contributed by atoms with Crippen molar-refractivity contribution in [3.8, 4) is 0 Å². The molecule has 4 nitrogen and oxygen atoms in total. The lowest BCUT2D eigenvalue weighted by atomic mass is 9.79. The molecular weight excluding hydrogens is 368 g/mol. The average Bonchev–Trinajstić information content (AvgIpc) is 2.58. The first-order valence-electron chi connectivity index (χ1n) is 9.43. The average molecular weight is 399 g/mol. The zero-order valence-electron chi connectivity index (χ0n) is 17.5. The first kappa shape index (κ1) is 21.9. The van der Waals surface area contributed by atoms with Crippen LogP contribution in [0.15, 0.2) is 60.7 Å². The van der Waals surface area contributed by atoms with E-state index in [9.17, 15) is 19.8 Å². The van der Waals surface area contributed by atoms with Crippen LogP contribution in [0.25, 0.3) is 0 Å². The standard InChI is InChI=1S/C23H30O4Si/c1-21(2,3)23(19(24)25,20(26)27)28(22(4,5)6,17-13-9-7-10-14-17)18-15-11-8-12-16-18/h7-16H,1-6H3,(H,24,25)(H,26,27). The lowest BCUT2D eigenvalue weighted by molar-refractivity contribution is -0.158. The summed E-state index contributed by atoms with van der Waals surface area (Å²) in [5, 5.41) is 20.3. The number of benzene rings is 2. The molecule has 0 bridgehead atoms. The summed E-state index contributed by atoms with van der Waals surface area (Å²) in [5.74, 6) is -2.55. The van der Waals surface area contributed by atoms with Gasteiger partial charge in [0.15, 0.2) is 13.1 Å². The Morgan fingerprint density at radius 2 is 1.00 bits per heavy atom. The third-order valence-corrected chi connectivity index (χ3v) is 12.8. The van der Waals surface area contributed by atoms with Crippen LogP contribution in [0, 0.1) is 5.41 Å². The second kappa shape index (κ2) is 7.21. The summed E-state index contributed by atoms with van der Waals surface area (Å²) < 4.78 is 0. The maximum Gasteiger partial charge on any atom is 0.319 e. The predicted octanol–water partition coefficient (Wildman–Crippen LogP) is 4.01. The van der Waals surface area contributed by atoms with Crippen LogP contribution >= 0.6 is 0 Å². The van der Waals surface area contributed by atoms with E-state index in [4.69, 9.17) is 0 Å². The maximum absolute atomic E-state index is 13.0. The SMILES string of the molecule is CC(C)(C)C(C(=O)O)(C(=O)O)[Si](c1ccccc1)(c1ccccc1)C(C)(C)C. The molecule has 28 heavy (non-hydrogen) atoms. The molecule has 2 N–H and O–H groups in total. The molecule has 0 atom stereocenters.